The molecule has 2 saturated heterocycles. The molecule has 6 N–H and O–H groups in total. The summed E-state index contributed by atoms with van der Waals surface area (Å²) in [4.78, 5) is 0. The highest BCUT2D eigenvalue weighted by atomic mass is 16.7. The molecule has 0 spiro atoms. The zero-order valence-corrected chi connectivity index (χ0v) is 13.1. The predicted octanol–water partition coefficient (Wildman–Crippen LogP) is -3.05. The predicted molar refractivity (Wildman–Crippen MR) is 75.2 cm³/mol. The number of rotatable bonds is 4. The molecule has 2 aliphatic heterocycles. The largest absolute Gasteiger partial charge is 0.394 e. The Morgan fingerprint density at radius 2 is 1.39 bits per heavy atom. The van der Waals surface area contributed by atoms with E-state index in [2.05, 4.69) is 0 Å². The molecule has 0 aromatic carbocycles. The van der Waals surface area contributed by atoms with Crippen LogP contribution in [-0.2, 0) is 14.2 Å². The van der Waals surface area contributed by atoms with E-state index in [9.17, 15) is 25.5 Å². The lowest BCUT2D eigenvalue weighted by Crippen LogP contribution is -2.60. The van der Waals surface area contributed by atoms with Gasteiger partial charge in [-0.3, -0.25) is 0 Å². The minimum Gasteiger partial charge on any atom is -0.394 e. The Morgan fingerprint density at radius 1 is 0.783 bits per heavy atom. The molecule has 0 bridgehead atoms. The van der Waals surface area contributed by atoms with Crippen LogP contribution < -0.4 is 0 Å². The molecule has 23 heavy (non-hydrogen) atoms. The summed E-state index contributed by atoms with van der Waals surface area (Å²) in [7, 11) is 0. The second-order valence-electron chi connectivity index (χ2n) is 6.25. The third-order valence-corrected chi connectivity index (χ3v) is 4.67. The molecule has 0 amide bonds. The summed E-state index contributed by atoms with van der Waals surface area (Å²) in [6.07, 6.45) is -10.1. The molecule has 0 aliphatic carbocycles. The van der Waals surface area contributed by atoms with Gasteiger partial charge in [0.1, 0.15) is 36.6 Å². The lowest BCUT2D eigenvalue weighted by atomic mass is 9.89. The van der Waals surface area contributed by atoms with Crippen LogP contribution in [0.1, 0.15) is 13.8 Å². The van der Waals surface area contributed by atoms with Gasteiger partial charge in [-0.25, -0.2) is 0 Å². The Labute approximate surface area is 134 Å². The molecular formula is C14H26O9. The van der Waals surface area contributed by atoms with Crippen LogP contribution in [-0.4, -0.2) is 99.0 Å². The van der Waals surface area contributed by atoms with E-state index >= 15 is 0 Å². The van der Waals surface area contributed by atoms with Crippen LogP contribution in [0.2, 0.25) is 0 Å². The second-order valence-corrected chi connectivity index (χ2v) is 6.25. The third kappa shape index (κ3) is 3.84. The summed E-state index contributed by atoms with van der Waals surface area (Å²) in [5.74, 6) is -0.242. The van der Waals surface area contributed by atoms with Crippen LogP contribution >= 0.6 is 0 Å². The molecule has 2 rings (SSSR count). The van der Waals surface area contributed by atoms with Crippen molar-refractivity contribution in [3.05, 3.63) is 0 Å². The van der Waals surface area contributed by atoms with E-state index in [-0.39, 0.29) is 18.6 Å². The fourth-order valence-electron chi connectivity index (χ4n) is 2.82. The Morgan fingerprint density at radius 3 is 2.00 bits per heavy atom. The summed E-state index contributed by atoms with van der Waals surface area (Å²) in [5.41, 5.74) is 0. The van der Waals surface area contributed by atoms with E-state index < -0.39 is 55.6 Å². The second kappa shape index (κ2) is 7.68. The molecule has 0 radical (unpaired) electrons. The topological polar surface area (TPSA) is 149 Å². The SMILES string of the molecule is CC1[C@H](C)OC(CO[C@H]2OC(CO)[C@@H](O)[C@H](O)C2O)[C@@H](O)[C@@H]1O. The van der Waals surface area contributed by atoms with Crippen molar-refractivity contribution in [2.75, 3.05) is 13.2 Å². The van der Waals surface area contributed by atoms with Gasteiger partial charge in [-0.2, -0.15) is 0 Å². The normalized spacial score (nSPS) is 51.7. The van der Waals surface area contributed by atoms with Gasteiger partial charge in [-0.15, -0.1) is 0 Å². The van der Waals surface area contributed by atoms with E-state index in [0.29, 0.717) is 0 Å². The van der Waals surface area contributed by atoms with Gasteiger partial charge in [0.25, 0.3) is 0 Å². The molecule has 0 aromatic heterocycles. The van der Waals surface area contributed by atoms with Crippen LogP contribution in [0.15, 0.2) is 0 Å². The quantitative estimate of drug-likeness (QED) is 0.314. The maximum Gasteiger partial charge on any atom is 0.186 e. The minimum absolute atomic E-state index is 0.196. The van der Waals surface area contributed by atoms with E-state index in [1.54, 1.807) is 13.8 Å². The summed E-state index contributed by atoms with van der Waals surface area (Å²) in [6, 6.07) is 0. The Balaban J connectivity index is 1.94. The van der Waals surface area contributed by atoms with E-state index in [4.69, 9.17) is 19.3 Å². The number of ether oxygens (including phenoxy) is 3. The van der Waals surface area contributed by atoms with Crippen LogP contribution in [0.3, 0.4) is 0 Å². The molecule has 0 aromatic rings. The Kier molecular flexibility index (Phi) is 6.34. The molecule has 2 fully saturated rings. The summed E-state index contributed by atoms with van der Waals surface area (Å²) in [5, 5.41) is 58.3. The van der Waals surface area contributed by atoms with Gasteiger partial charge in [0.05, 0.1) is 25.4 Å². The van der Waals surface area contributed by atoms with Crippen molar-refractivity contribution in [2.45, 2.75) is 69.0 Å². The number of aliphatic hydroxyl groups is 6. The highest BCUT2D eigenvalue weighted by Crippen LogP contribution is 2.27. The van der Waals surface area contributed by atoms with Crippen molar-refractivity contribution in [3.63, 3.8) is 0 Å². The van der Waals surface area contributed by atoms with Crippen LogP contribution in [0.25, 0.3) is 0 Å². The van der Waals surface area contributed by atoms with Crippen molar-refractivity contribution in [3.8, 4) is 0 Å². The third-order valence-electron chi connectivity index (χ3n) is 4.67. The van der Waals surface area contributed by atoms with Gasteiger partial charge in [0.2, 0.25) is 0 Å². The molecule has 9 nitrogen and oxygen atoms in total. The monoisotopic (exact) mass is 338 g/mol. The van der Waals surface area contributed by atoms with E-state index in [1.807, 2.05) is 0 Å². The number of hydrogen-bond donors (Lipinski definition) is 6. The molecule has 136 valence electrons. The molecule has 2 heterocycles. The van der Waals surface area contributed by atoms with E-state index in [1.165, 1.54) is 0 Å². The molecular weight excluding hydrogens is 312 g/mol. The molecule has 2 aliphatic rings. The Hall–Kier alpha value is -0.360. The highest BCUT2D eigenvalue weighted by molar-refractivity contribution is 4.91. The standard InChI is InChI=1S/C14H26O9/c1-5-6(2)22-8(11(18)9(5)16)4-21-14-13(20)12(19)10(17)7(3-15)23-14/h5-20H,3-4H2,1-2H3/t5?,6-,7?,8?,9+,10+,11+,12-,13?,14-/m0/s1. The zero-order valence-electron chi connectivity index (χ0n) is 13.1. The highest BCUT2D eigenvalue weighted by Gasteiger charge is 2.45. The van der Waals surface area contributed by atoms with Gasteiger partial charge in [0, 0.05) is 5.92 Å². The maximum atomic E-state index is 10.0. The minimum atomic E-state index is -1.53. The first kappa shape index (κ1) is 19.0. The average Bonchev–Trinajstić information content (AvgIpc) is 2.54. The molecule has 4 unspecified atom stereocenters. The smallest absolute Gasteiger partial charge is 0.186 e. The number of hydrogen-bond acceptors (Lipinski definition) is 9. The summed E-state index contributed by atoms with van der Waals surface area (Å²) in [6.45, 7) is 2.77. The van der Waals surface area contributed by atoms with Crippen molar-refractivity contribution >= 4 is 0 Å². The maximum absolute atomic E-state index is 10.0. The Bertz CT molecular complexity index is 379. The van der Waals surface area contributed by atoms with Gasteiger partial charge in [-0.05, 0) is 6.92 Å². The molecule has 10 atom stereocenters. The number of aliphatic hydroxyl groups excluding tert-OH is 6. The first-order valence-corrected chi connectivity index (χ1v) is 7.71. The van der Waals surface area contributed by atoms with Crippen LogP contribution in [0, 0.1) is 5.92 Å². The van der Waals surface area contributed by atoms with Gasteiger partial charge >= 0.3 is 0 Å². The zero-order chi connectivity index (χ0) is 17.3. The fraction of sp³-hybridized carbons (Fsp3) is 1.00. The van der Waals surface area contributed by atoms with Crippen LogP contribution in [0.4, 0.5) is 0 Å². The molecule has 0 saturated carbocycles. The first-order chi connectivity index (χ1) is 10.8. The van der Waals surface area contributed by atoms with Crippen molar-refractivity contribution in [2.24, 2.45) is 5.92 Å². The van der Waals surface area contributed by atoms with E-state index in [0.717, 1.165) is 0 Å². The lowest BCUT2D eigenvalue weighted by Gasteiger charge is -2.42. The first-order valence-electron chi connectivity index (χ1n) is 7.71. The van der Waals surface area contributed by atoms with Gasteiger partial charge in [-0.1, -0.05) is 6.92 Å². The van der Waals surface area contributed by atoms with Crippen LogP contribution in [0.5, 0.6) is 0 Å². The van der Waals surface area contributed by atoms with Crippen molar-refractivity contribution in [1.29, 1.82) is 0 Å². The van der Waals surface area contributed by atoms with Crippen molar-refractivity contribution < 1.29 is 44.8 Å². The van der Waals surface area contributed by atoms with Gasteiger partial charge < -0.3 is 44.8 Å². The summed E-state index contributed by atoms with van der Waals surface area (Å²) < 4.78 is 16.1. The molecule has 9 heteroatoms. The van der Waals surface area contributed by atoms with Gasteiger partial charge in [0.15, 0.2) is 6.29 Å². The lowest BCUT2D eigenvalue weighted by molar-refractivity contribution is -0.312. The summed E-state index contributed by atoms with van der Waals surface area (Å²) >= 11 is 0. The fourth-order valence-corrected chi connectivity index (χ4v) is 2.82. The van der Waals surface area contributed by atoms with Crippen molar-refractivity contribution in [1.82, 2.24) is 0 Å². The average molecular weight is 338 g/mol.